The molecule has 0 unspecified atom stereocenters. The average molecular weight is 430 g/mol. The molecule has 1 aliphatic rings. The Morgan fingerprint density at radius 2 is 2.16 bits per heavy atom. The Hall–Kier alpha value is -1.40. The molecule has 7 heteroatoms. The first-order valence-electron chi connectivity index (χ1n) is 8.41. The van der Waals surface area contributed by atoms with Crippen LogP contribution < -0.4 is 0 Å². The third-order valence-electron chi connectivity index (χ3n) is 4.48. The van der Waals surface area contributed by atoms with E-state index in [4.69, 9.17) is 16.3 Å². The van der Waals surface area contributed by atoms with Crippen molar-refractivity contribution in [1.29, 1.82) is 0 Å². The standard InChI is InChI=1S/C18H19BrClFN2O2/c1-2-25-18(24)16-17(19)23(13-9-5-8-12(20)15(13)21)14(22-16)10-11-6-3-4-7-11/h5,8-9,11H,2-4,6-7,10H2,1H3. The van der Waals surface area contributed by atoms with Gasteiger partial charge in [0, 0.05) is 6.42 Å². The van der Waals surface area contributed by atoms with E-state index in [1.54, 1.807) is 23.6 Å². The lowest BCUT2D eigenvalue weighted by atomic mass is 10.0. The molecule has 2 aromatic rings. The van der Waals surface area contributed by atoms with E-state index in [9.17, 15) is 9.18 Å². The number of carbonyl (C=O) groups is 1. The van der Waals surface area contributed by atoms with Crippen molar-refractivity contribution in [2.24, 2.45) is 5.92 Å². The van der Waals surface area contributed by atoms with Crippen LogP contribution in [-0.2, 0) is 11.2 Å². The molecule has 0 saturated heterocycles. The third-order valence-corrected chi connectivity index (χ3v) is 5.50. The van der Waals surface area contributed by atoms with Gasteiger partial charge in [0.1, 0.15) is 10.4 Å². The summed E-state index contributed by atoms with van der Waals surface area (Å²) in [4.78, 5) is 16.7. The largest absolute Gasteiger partial charge is 0.461 e. The Morgan fingerprint density at radius 3 is 2.84 bits per heavy atom. The summed E-state index contributed by atoms with van der Waals surface area (Å²) in [6.45, 7) is 1.99. The van der Waals surface area contributed by atoms with E-state index in [-0.39, 0.29) is 23.0 Å². The van der Waals surface area contributed by atoms with Crippen molar-refractivity contribution in [1.82, 2.24) is 9.55 Å². The highest BCUT2D eigenvalue weighted by atomic mass is 79.9. The Balaban J connectivity index is 2.09. The molecular weight excluding hydrogens is 411 g/mol. The summed E-state index contributed by atoms with van der Waals surface area (Å²) in [7, 11) is 0. The highest BCUT2D eigenvalue weighted by Crippen LogP contribution is 2.33. The molecule has 0 radical (unpaired) electrons. The molecule has 1 aromatic carbocycles. The molecule has 1 fully saturated rings. The molecule has 0 N–H and O–H groups in total. The summed E-state index contributed by atoms with van der Waals surface area (Å²) in [5.74, 6) is 0.0712. The number of hydrogen-bond acceptors (Lipinski definition) is 3. The minimum atomic E-state index is -0.537. The van der Waals surface area contributed by atoms with Gasteiger partial charge in [0.25, 0.3) is 0 Å². The van der Waals surface area contributed by atoms with Crippen LogP contribution in [0.25, 0.3) is 5.69 Å². The lowest BCUT2D eigenvalue weighted by Crippen LogP contribution is -2.08. The second-order valence-electron chi connectivity index (χ2n) is 6.15. The lowest BCUT2D eigenvalue weighted by Gasteiger charge is -2.13. The minimum absolute atomic E-state index is 0.0302. The van der Waals surface area contributed by atoms with Crippen molar-refractivity contribution in [2.75, 3.05) is 6.61 Å². The summed E-state index contributed by atoms with van der Waals surface area (Å²) in [5.41, 5.74) is 0.435. The van der Waals surface area contributed by atoms with Gasteiger partial charge in [-0.05, 0) is 40.9 Å². The average Bonchev–Trinajstić information content (AvgIpc) is 3.19. The first-order chi connectivity index (χ1) is 12.0. The molecule has 1 heterocycles. The van der Waals surface area contributed by atoms with Gasteiger partial charge in [0.05, 0.1) is 17.3 Å². The molecule has 0 amide bonds. The van der Waals surface area contributed by atoms with E-state index in [1.165, 1.54) is 18.9 Å². The molecule has 134 valence electrons. The molecule has 3 rings (SSSR count). The van der Waals surface area contributed by atoms with Crippen LogP contribution in [0, 0.1) is 11.7 Å². The lowest BCUT2D eigenvalue weighted by molar-refractivity contribution is 0.0518. The van der Waals surface area contributed by atoms with Crippen LogP contribution in [0.1, 0.15) is 48.9 Å². The van der Waals surface area contributed by atoms with Gasteiger partial charge in [-0.15, -0.1) is 0 Å². The summed E-state index contributed by atoms with van der Waals surface area (Å²) in [5, 5.41) is 0.0302. The number of carbonyl (C=O) groups excluding carboxylic acids is 1. The van der Waals surface area contributed by atoms with Gasteiger partial charge < -0.3 is 4.74 Å². The third kappa shape index (κ3) is 3.75. The van der Waals surface area contributed by atoms with E-state index in [2.05, 4.69) is 20.9 Å². The van der Waals surface area contributed by atoms with E-state index < -0.39 is 11.8 Å². The fourth-order valence-corrected chi connectivity index (χ4v) is 4.11. The fraction of sp³-hybridized carbons (Fsp3) is 0.444. The Kier molecular flexibility index (Phi) is 5.79. The van der Waals surface area contributed by atoms with Crippen molar-refractivity contribution >= 4 is 33.5 Å². The summed E-state index contributed by atoms with van der Waals surface area (Å²) in [6, 6.07) is 4.80. The van der Waals surface area contributed by atoms with Crippen LogP contribution in [0.15, 0.2) is 22.8 Å². The quantitative estimate of drug-likeness (QED) is 0.603. The van der Waals surface area contributed by atoms with Crippen LogP contribution >= 0.6 is 27.5 Å². The maximum Gasteiger partial charge on any atom is 0.359 e. The van der Waals surface area contributed by atoms with Crippen molar-refractivity contribution < 1.29 is 13.9 Å². The molecule has 0 bridgehead atoms. The smallest absolute Gasteiger partial charge is 0.359 e. The second-order valence-corrected chi connectivity index (χ2v) is 7.31. The van der Waals surface area contributed by atoms with Gasteiger partial charge in [-0.1, -0.05) is 43.4 Å². The van der Waals surface area contributed by atoms with Gasteiger partial charge in [-0.25, -0.2) is 14.2 Å². The molecular formula is C18H19BrClFN2O2. The number of halogens is 3. The van der Waals surface area contributed by atoms with Crippen molar-refractivity contribution in [3.63, 3.8) is 0 Å². The van der Waals surface area contributed by atoms with Crippen LogP contribution in [0.4, 0.5) is 4.39 Å². The van der Waals surface area contributed by atoms with E-state index >= 15 is 0 Å². The molecule has 25 heavy (non-hydrogen) atoms. The molecule has 1 aliphatic carbocycles. The maximum absolute atomic E-state index is 14.6. The molecule has 0 aliphatic heterocycles. The van der Waals surface area contributed by atoms with Gasteiger partial charge in [-0.2, -0.15) is 0 Å². The Bertz CT molecular complexity index is 788. The van der Waals surface area contributed by atoms with E-state index in [0.29, 0.717) is 22.8 Å². The molecule has 0 atom stereocenters. The predicted octanol–water partition coefficient (Wildman–Crippen LogP) is 5.34. The SMILES string of the molecule is CCOC(=O)c1nc(CC2CCCC2)n(-c2cccc(Cl)c2F)c1Br. The zero-order valence-electron chi connectivity index (χ0n) is 13.9. The molecule has 1 aromatic heterocycles. The van der Waals surface area contributed by atoms with Crippen molar-refractivity contribution in [3.8, 4) is 5.69 Å². The molecule has 0 spiro atoms. The number of ether oxygens (including phenoxy) is 1. The van der Waals surface area contributed by atoms with Gasteiger partial charge in [0.2, 0.25) is 0 Å². The number of esters is 1. The number of nitrogens with zero attached hydrogens (tertiary/aromatic N) is 2. The fourth-order valence-electron chi connectivity index (χ4n) is 3.29. The monoisotopic (exact) mass is 428 g/mol. The topological polar surface area (TPSA) is 44.1 Å². The van der Waals surface area contributed by atoms with Crippen LogP contribution in [-0.4, -0.2) is 22.1 Å². The first kappa shape index (κ1) is 18.4. The van der Waals surface area contributed by atoms with E-state index in [1.807, 2.05) is 0 Å². The van der Waals surface area contributed by atoms with E-state index in [0.717, 1.165) is 12.8 Å². The predicted molar refractivity (Wildman–Crippen MR) is 97.9 cm³/mol. The van der Waals surface area contributed by atoms with Gasteiger partial charge >= 0.3 is 5.97 Å². The van der Waals surface area contributed by atoms with Crippen LogP contribution in [0.3, 0.4) is 0 Å². The Labute approximate surface area is 159 Å². The van der Waals surface area contributed by atoms with Gasteiger partial charge in [0.15, 0.2) is 11.5 Å². The molecule has 1 saturated carbocycles. The number of rotatable bonds is 5. The second kappa shape index (κ2) is 7.87. The zero-order chi connectivity index (χ0) is 18.0. The molecule has 4 nitrogen and oxygen atoms in total. The highest BCUT2D eigenvalue weighted by Gasteiger charge is 2.27. The number of imidazole rings is 1. The van der Waals surface area contributed by atoms with Crippen molar-refractivity contribution in [3.05, 3.63) is 45.2 Å². The zero-order valence-corrected chi connectivity index (χ0v) is 16.2. The normalized spacial score (nSPS) is 14.9. The van der Waals surface area contributed by atoms with Gasteiger partial charge in [-0.3, -0.25) is 4.57 Å². The summed E-state index contributed by atoms with van der Waals surface area (Å²) >= 11 is 9.35. The Morgan fingerprint density at radius 1 is 1.44 bits per heavy atom. The van der Waals surface area contributed by atoms with Crippen LogP contribution in [0.2, 0.25) is 5.02 Å². The highest BCUT2D eigenvalue weighted by molar-refractivity contribution is 9.10. The van der Waals surface area contributed by atoms with Crippen LogP contribution in [0.5, 0.6) is 0 Å². The first-order valence-corrected chi connectivity index (χ1v) is 9.58. The number of hydrogen-bond donors (Lipinski definition) is 0. The minimum Gasteiger partial charge on any atom is -0.461 e. The summed E-state index contributed by atoms with van der Waals surface area (Å²) < 4.78 is 21.7. The number of benzene rings is 1. The number of aromatic nitrogens is 2. The maximum atomic E-state index is 14.6. The van der Waals surface area contributed by atoms with Crippen molar-refractivity contribution in [2.45, 2.75) is 39.0 Å². The summed E-state index contributed by atoms with van der Waals surface area (Å²) in [6.07, 6.45) is 5.32.